The van der Waals surface area contributed by atoms with Gasteiger partial charge in [-0.2, -0.15) is 0 Å². The summed E-state index contributed by atoms with van der Waals surface area (Å²) in [5, 5.41) is 2.99. The Bertz CT molecular complexity index is 67.1. The van der Waals surface area contributed by atoms with Crippen LogP contribution in [0, 0.1) is 0 Å². The van der Waals surface area contributed by atoms with E-state index in [9.17, 15) is 0 Å². The molecule has 1 N–H and O–H groups in total. The molecule has 0 aliphatic rings. The molecule has 0 bridgehead atoms. The van der Waals surface area contributed by atoms with Crippen LogP contribution in [0.4, 0.5) is 0 Å². The molecule has 0 fully saturated rings. The van der Waals surface area contributed by atoms with Crippen LogP contribution in [0.2, 0.25) is 0 Å². The van der Waals surface area contributed by atoms with Gasteiger partial charge in [-0.05, 0) is 13.2 Å². The van der Waals surface area contributed by atoms with Gasteiger partial charge in [0.15, 0.2) is 0 Å². The number of thioether (sulfide) groups is 1. The second-order valence-corrected chi connectivity index (χ2v) is 2.51. The van der Waals surface area contributed by atoms with Gasteiger partial charge in [-0.1, -0.05) is 12.2 Å². The van der Waals surface area contributed by atoms with E-state index in [2.05, 4.69) is 5.32 Å². The minimum atomic E-state index is 0. The predicted molar refractivity (Wildman–Crippen MR) is 39.8 cm³/mol. The van der Waals surface area contributed by atoms with E-state index in [1.165, 1.54) is 0 Å². The van der Waals surface area contributed by atoms with Crippen LogP contribution in [-0.2, 0) is 19.5 Å². The van der Waals surface area contributed by atoms with Gasteiger partial charge in [-0.25, -0.2) is 0 Å². The van der Waals surface area contributed by atoms with Crippen molar-refractivity contribution in [2.24, 2.45) is 0 Å². The first kappa shape index (κ1) is 11.6. The molecule has 0 saturated carbocycles. The first-order chi connectivity index (χ1) is 3.31. The predicted octanol–water partition coefficient (Wildman–Crippen LogP) is 1.24. The summed E-state index contributed by atoms with van der Waals surface area (Å²) in [6.45, 7) is 2.96. The number of hydrogen-bond donors (Lipinski definition) is 1. The Morgan fingerprint density at radius 2 is 2.25 bits per heavy atom. The van der Waals surface area contributed by atoms with Crippen LogP contribution in [0.15, 0.2) is 0 Å². The van der Waals surface area contributed by atoms with Crippen LogP contribution in [-0.4, -0.2) is 17.1 Å². The minimum absolute atomic E-state index is 0. The van der Waals surface area contributed by atoms with E-state index < -0.39 is 0 Å². The van der Waals surface area contributed by atoms with E-state index in [-0.39, 0.29) is 19.5 Å². The third-order valence-corrected chi connectivity index (χ3v) is 1.67. The molecule has 4 heteroatoms. The zero-order valence-electron chi connectivity index (χ0n) is 5.23. The minimum Gasteiger partial charge on any atom is -0.371 e. The largest absolute Gasteiger partial charge is 0.371 e. The molecular weight excluding hydrogens is 192 g/mol. The van der Waals surface area contributed by atoms with Crippen molar-refractivity contribution in [3.8, 4) is 0 Å². The van der Waals surface area contributed by atoms with Crippen molar-refractivity contribution >= 4 is 28.3 Å². The van der Waals surface area contributed by atoms with Crippen molar-refractivity contribution in [2.45, 2.75) is 6.92 Å². The summed E-state index contributed by atoms with van der Waals surface area (Å²) in [7, 11) is 0. The van der Waals surface area contributed by atoms with E-state index in [0.29, 0.717) is 0 Å². The number of nitrogens with one attached hydrogen (secondary N) is 1. The maximum atomic E-state index is 4.81. The molecule has 0 spiro atoms. The van der Waals surface area contributed by atoms with Gasteiger partial charge >= 0.3 is 0 Å². The molecule has 0 atom stereocenters. The summed E-state index contributed by atoms with van der Waals surface area (Å²) in [5.41, 5.74) is 0. The molecule has 0 aromatic carbocycles. The number of hydrogen-bond acceptors (Lipinski definition) is 2. The molecule has 8 heavy (non-hydrogen) atoms. The normalized spacial score (nSPS) is 7.25. The Hall–Kier alpha value is 0.863. The van der Waals surface area contributed by atoms with Crippen molar-refractivity contribution in [1.29, 1.82) is 0 Å². The van der Waals surface area contributed by atoms with Gasteiger partial charge in [0.05, 0.1) is 0 Å². The fourth-order valence-corrected chi connectivity index (χ4v) is 0.650. The first-order valence-electron chi connectivity index (χ1n) is 2.13. The fourth-order valence-electron chi connectivity index (χ4n) is 0.217. The molecular formula is C4H9NS2Zn. The Morgan fingerprint density at radius 3 is 2.38 bits per heavy atom. The SMILES string of the molecule is CCNC(=S)SC.[Zn]. The second-order valence-electron chi connectivity index (χ2n) is 1.02. The summed E-state index contributed by atoms with van der Waals surface area (Å²) >= 11 is 6.38. The van der Waals surface area contributed by atoms with Crippen LogP contribution in [0.5, 0.6) is 0 Å². The van der Waals surface area contributed by atoms with Crippen LogP contribution >= 0.6 is 24.0 Å². The molecule has 1 nitrogen and oxygen atoms in total. The Kier molecular flexibility index (Phi) is 11.4. The third-order valence-electron chi connectivity index (χ3n) is 0.507. The number of thiocarbonyl (C=S) groups is 1. The maximum Gasteiger partial charge on any atom is 0.133 e. The summed E-state index contributed by atoms with van der Waals surface area (Å²) in [4.78, 5) is 0. The Labute approximate surface area is 72.7 Å². The van der Waals surface area contributed by atoms with Crippen molar-refractivity contribution < 1.29 is 19.5 Å². The zero-order valence-corrected chi connectivity index (χ0v) is 9.83. The average molecular weight is 201 g/mol. The van der Waals surface area contributed by atoms with Gasteiger partial charge in [0, 0.05) is 26.0 Å². The maximum absolute atomic E-state index is 4.81. The van der Waals surface area contributed by atoms with E-state index in [1.807, 2.05) is 13.2 Å². The third kappa shape index (κ3) is 6.86. The Balaban J connectivity index is 0. The summed E-state index contributed by atoms with van der Waals surface area (Å²) in [5.74, 6) is 0. The first-order valence-corrected chi connectivity index (χ1v) is 3.76. The van der Waals surface area contributed by atoms with E-state index in [4.69, 9.17) is 12.2 Å². The van der Waals surface area contributed by atoms with Crippen molar-refractivity contribution in [3.63, 3.8) is 0 Å². The van der Waals surface area contributed by atoms with Gasteiger partial charge in [0.1, 0.15) is 4.32 Å². The monoisotopic (exact) mass is 199 g/mol. The van der Waals surface area contributed by atoms with Crippen LogP contribution < -0.4 is 5.32 Å². The second kappa shape index (κ2) is 7.86. The summed E-state index contributed by atoms with van der Waals surface area (Å²) in [6, 6.07) is 0. The number of rotatable bonds is 1. The van der Waals surface area contributed by atoms with Crippen LogP contribution in [0.1, 0.15) is 6.92 Å². The van der Waals surface area contributed by atoms with Gasteiger partial charge in [0.25, 0.3) is 0 Å². The quantitative estimate of drug-likeness (QED) is 0.505. The smallest absolute Gasteiger partial charge is 0.133 e. The van der Waals surface area contributed by atoms with Gasteiger partial charge < -0.3 is 5.32 Å². The fraction of sp³-hybridized carbons (Fsp3) is 0.750. The summed E-state index contributed by atoms with van der Waals surface area (Å²) < 4.78 is 0.877. The molecule has 0 aliphatic carbocycles. The molecule has 0 aromatic heterocycles. The molecule has 0 aliphatic heterocycles. The molecule has 0 unspecified atom stereocenters. The molecule has 44 valence electrons. The van der Waals surface area contributed by atoms with Crippen molar-refractivity contribution in [2.75, 3.05) is 12.8 Å². The van der Waals surface area contributed by atoms with E-state index in [0.717, 1.165) is 10.9 Å². The Morgan fingerprint density at radius 1 is 1.75 bits per heavy atom. The van der Waals surface area contributed by atoms with Crippen molar-refractivity contribution in [3.05, 3.63) is 0 Å². The summed E-state index contributed by atoms with van der Waals surface area (Å²) in [6.07, 6.45) is 1.96. The molecule has 0 saturated heterocycles. The molecule has 0 amide bonds. The standard InChI is InChI=1S/C4H9NS2.Zn/c1-3-5-4(6)7-2;/h3H2,1-2H3,(H,5,6);. The topological polar surface area (TPSA) is 12.0 Å². The van der Waals surface area contributed by atoms with Crippen molar-refractivity contribution in [1.82, 2.24) is 5.32 Å². The van der Waals surface area contributed by atoms with Gasteiger partial charge in [-0.15, -0.1) is 11.8 Å². The van der Waals surface area contributed by atoms with E-state index >= 15 is 0 Å². The molecule has 0 heterocycles. The molecule has 0 aromatic rings. The average Bonchev–Trinajstić information content (AvgIpc) is 1.68. The van der Waals surface area contributed by atoms with Gasteiger partial charge in [0.2, 0.25) is 0 Å². The molecule has 0 radical (unpaired) electrons. The molecule has 0 rings (SSSR count). The van der Waals surface area contributed by atoms with Crippen LogP contribution in [0.3, 0.4) is 0 Å². The zero-order chi connectivity index (χ0) is 5.70. The van der Waals surface area contributed by atoms with Gasteiger partial charge in [-0.3, -0.25) is 0 Å². The van der Waals surface area contributed by atoms with Crippen LogP contribution in [0.25, 0.3) is 0 Å². The van der Waals surface area contributed by atoms with E-state index in [1.54, 1.807) is 11.8 Å².